The minimum atomic E-state index is -0.259. The molecule has 29 heavy (non-hydrogen) atoms. The second kappa shape index (κ2) is 7.65. The van der Waals surface area contributed by atoms with Gasteiger partial charge >= 0.3 is 0 Å². The van der Waals surface area contributed by atoms with Crippen LogP contribution < -0.4 is 4.90 Å². The van der Waals surface area contributed by atoms with Crippen LogP contribution in [0.1, 0.15) is 63.0 Å². The Bertz CT molecular complexity index is 839. The third-order valence-corrected chi connectivity index (χ3v) is 5.41. The first-order valence-electron chi connectivity index (χ1n) is 10.2. The molecule has 6 heteroatoms. The van der Waals surface area contributed by atoms with Crippen molar-refractivity contribution in [2.45, 2.75) is 52.4 Å². The molecule has 1 saturated heterocycles. The molecule has 156 valence electrons. The number of carbonyl (C=O) groups is 1. The van der Waals surface area contributed by atoms with Crippen LogP contribution in [0.25, 0.3) is 0 Å². The van der Waals surface area contributed by atoms with E-state index in [4.69, 9.17) is 0 Å². The fourth-order valence-electron chi connectivity index (χ4n) is 3.68. The summed E-state index contributed by atoms with van der Waals surface area (Å²) >= 11 is 0. The monoisotopic (exact) mass is 396 g/mol. The minimum absolute atomic E-state index is 0.0137. The zero-order valence-electron chi connectivity index (χ0n) is 18.4. The molecule has 2 aromatic rings. The zero-order chi connectivity index (χ0) is 21.4. The molecule has 1 amide bonds. The Morgan fingerprint density at radius 2 is 1.48 bits per heavy atom. The summed E-state index contributed by atoms with van der Waals surface area (Å²) in [6.45, 7) is 15.1. The van der Waals surface area contributed by atoms with Gasteiger partial charge in [0.25, 0.3) is 5.91 Å². The normalized spacial score (nSPS) is 15.5. The van der Waals surface area contributed by atoms with Crippen LogP contribution in [0, 0.1) is 0 Å². The SMILES string of the molecule is CC(C)(C)c1cc(C(=O)N2CCN(c3cnccn3)CC2)cc(C(C)(C)C)c1O. The lowest BCUT2D eigenvalue weighted by molar-refractivity contribution is 0.0746. The van der Waals surface area contributed by atoms with Crippen molar-refractivity contribution in [3.05, 3.63) is 47.4 Å². The van der Waals surface area contributed by atoms with E-state index in [0.717, 1.165) is 30.0 Å². The maximum atomic E-state index is 13.3. The average Bonchev–Trinajstić information content (AvgIpc) is 2.66. The number of rotatable bonds is 2. The predicted molar refractivity (Wildman–Crippen MR) is 116 cm³/mol. The topological polar surface area (TPSA) is 69.6 Å². The van der Waals surface area contributed by atoms with E-state index in [0.29, 0.717) is 24.4 Å². The lowest BCUT2D eigenvalue weighted by Gasteiger charge is -2.36. The van der Waals surface area contributed by atoms with Crippen molar-refractivity contribution >= 4 is 11.7 Å². The molecule has 0 spiro atoms. The Kier molecular flexibility index (Phi) is 5.57. The Morgan fingerprint density at radius 3 is 1.93 bits per heavy atom. The van der Waals surface area contributed by atoms with Crippen molar-refractivity contribution in [2.24, 2.45) is 0 Å². The number of aromatic hydroxyl groups is 1. The van der Waals surface area contributed by atoms with Crippen molar-refractivity contribution in [2.75, 3.05) is 31.1 Å². The van der Waals surface area contributed by atoms with Crippen LogP contribution in [0.15, 0.2) is 30.7 Å². The van der Waals surface area contributed by atoms with Gasteiger partial charge in [-0.05, 0) is 23.0 Å². The minimum Gasteiger partial charge on any atom is -0.507 e. The van der Waals surface area contributed by atoms with Gasteiger partial charge in [-0.3, -0.25) is 9.78 Å². The fraction of sp³-hybridized carbons (Fsp3) is 0.522. The lowest BCUT2D eigenvalue weighted by Crippen LogP contribution is -2.49. The predicted octanol–water partition coefficient (Wildman–Crippen LogP) is 3.74. The highest BCUT2D eigenvalue weighted by atomic mass is 16.3. The average molecular weight is 397 g/mol. The Hall–Kier alpha value is -2.63. The third-order valence-electron chi connectivity index (χ3n) is 5.41. The molecule has 0 atom stereocenters. The molecule has 6 nitrogen and oxygen atoms in total. The van der Waals surface area contributed by atoms with Crippen molar-refractivity contribution in [3.63, 3.8) is 0 Å². The molecule has 1 aromatic heterocycles. The van der Waals surface area contributed by atoms with Gasteiger partial charge in [-0.2, -0.15) is 0 Å². The van der Waals surface area contributed by atoms with E-state index in [9.17, 15) is 9.90 Å². The Labute approximate surface area is 173 Å². The van der Waals surface area contributed by atoms with Crippen LogP contribution in [0.5, 0.6) is 5.75 Å². The van der Waals surface area contributed by atoms with Gasteiger partial charge in [0.05, 0.1) is 6.20 Å². The number of phenolic OH excluding ortho intramolecular Hbond substituents is 1. The van der Waals surface area contributed by atoms with Crippen LogP contribution >= 0.6 is 0 Å². The highest BCUT2D eigenvalue weighted by Crippen LogP contribution is 2.40. The number of anilines is 1. The number of benzene rings is 1. The molecular weight excluding hydrogens is 364 g/mol. The van der Waals surface area contributed by atoms with Gasteiger partial charge in [0.2, 0.25) is 0 Å². The Balaban J connectivity index is 1.86. The zero-order valence-corrected chi connectivity index (χ0v) is 18.4. The van der Waals surface area contributed by atoms with Crippen LogP contribution in [-0.4, -0.2) is 52.1 Å². The summed E-state index contributed by atoms with van der Waals surface area (Å²) in [5, 5.41) is 10.9. The molecule has 2 heterocycles. The first-order chi connectivity index (χ1) is 13.5. The first kappa shape index (κ1) is 21.1. The molecule has 0 radical (unpaired) electrons. The van der Waals surface area contributed by atoms with E-state index < -0.39 is 0 Å². The fourth-order valence-corrected chi connectivity index (χ4v) is 3.68. The van der Waals surface area contributed by atoms with Gasteiger partial charge < -0.3 is 14.9 Å². The third kappa shape index (κ3) is 4.52. The van der Waals surface area contributed by atoms with E-state index in [1.54, 1.807) is 18.6 Å². The molecule has 1 aliphatic rings. The Morgan fingerprint density at radius 1 is 0.931 bits per heavy atom. The van der Waals surface area contributed by atoms with Gasteiger partial charge in [-0.1, -0.05) is 41.5 Å². The number of aromatic nitrogens is 2. The second-order valence-electron chi connectivity index (χ2n) is 9.76. The quantitative estimate of drug-likeness (QED) is 0.837. The summed E-state index contributed by atoms with van der Waals surface area (Å²) in [5.41, 5.74) is 1.75. The van der Waals surface area contributed by atoms with Crippen LogP contribution in [0.2, 0.25) is 0 Å². The molecule has 1 fully saturated rings. The van der Waals surface area contributed by atoms with Crippen LogP contribution in [0.3, 0.4) is 0 Å². The molecule has 1 aliphatic heterocycles. The van der Waals surface area contributed by atoms with Crippen molar-refractivity contribution in [1.29, 1.82) is 0 Å². The van der Waals surface area contributed by atoms with Crippen LogP contribution in [0.4, 0.5) is 5.82 Å². The maximum Gasteiger partial charge on any atom is 0.253 e. The molecule has 1 aromatic carbocycles. The number of nitrogens with zero attached hydrogens (tertiary/aromatic N) is 4. The van der Waals surface area contributed by atoms with Gasteiger partial charge in [0.15, 0.2) is 0 Å². The largest absolute Gasteiger partial charge is 0.507 e. The number of piperazine rings is 1. The summed E-state index contributed by atoms with van der Waals surface area (Å²) in [6, 6.07) is 3.73. The van der Waals surface area contributed by atoms with Crippen molar-refractivity contribution in [1.82, 2.24) is 14.9 Å². The van der Waals surface area contributed by atoms with E-state index >= 15 is 0 Å². The summed E-state index contributed by atoms with van der Waals surface area (Å²) in [7, 11) is 0. The molecule has 0 aliphatic carbocycles. The standard InChI is InChI=1S/C23H32N4O2/c1-22(2,3)17-13-16(14-18(20(17)28)23(4,5)6)21(29)27-11-9-26(10-12-27)19-15-24-7-8-25-19/h7-8,13-15,28H,9-12H2,1-6H3. The number of hydrogen-bond donors (Lipinski definition) is 1. The molecule has 0 bridgehead atoms. The molecule has 1 N–H and O–H groups in total. The second-order valence-corrected chi connectivity index (χ2v) is 9.76. The summed E-state index contributed by atoms with van der Waals surface area (Å²) in [6.07, 6.45) is 5.10. The van der Waals surface area contributed by atoms with E-state index in [1.807, 2.05) is 17.0 Å². The van der Waals surface area contributed by atoms with E-state index in [1.165, 1.54) is 0 Å². The smallest absolute Gasteiger partial charge is 0.253 e. The summed E-state index contributed by atoms with van der Waals surface area (Å²) < 4.78 is 0. The van der Waals surface area contributed by atoms with Gasteiger partial charge in [-0.15, -0.1) is 0 Å². The van der Waals surface area contributed by atoms with Gasteiger partial charge in [-0.25, -0.2) is 4.98 Å². The van der Waals surface area contributed by atoms with E-state index in [2.05, 4.69) is 56.4 Å². The molecule has 0 unspecified atom stereocenters. The highest BCUT2D eigenvalue weighted by Gasteiger charge is 2.30. The van der Waals surface area contributed by atoms with Crippen LogP contribution in [-0.2, 0) is 10.8 Å². The van der Waals surface area contributed by atoms with E-state index in [-0.39, 0.29) is 16.7 Å². The summed E-state index contributed by atoms with van der Waals surface area (Å²) in [4.78, 5) is 25.8. The number of amides is 1. The maximum absolute atomic E-state index is 13.3. The molecule has 3 rings (SSSR count). The number of carbonyl (C=O) groups excluding carboxylic acids is 1. The number of hydrogen-bond acceptors (Lipinski definition) is 5. The molecular formula is C23H32N4O2. The van der Waals surface area contributed by atoms with Crippen molar-refractivity contribution < 1.29 is 9.90 Å². The summed E-state index contributed by atoms with van der Waals surface area (Å²) in [5.74, 6) is 1.16. The van der Waals surface area contributed by atoms with Gasteiger partial charge in [0, 0.05) is 55.3 Å². The first-order valence-corrected chi connectivity index (χ1v) is 10.2. The van der Waals surface area contributed by atoms with Gasteiger partial charge in [0.1, 0.15) is 11.6 Å². The molecule has 0 saturated carbocycles. The number of phenols is 1. The van der Waals surface area contributed by atoms with Crippen molar-refractivity contribution in [3.8, 4) is 5.75 Å². The highest BCUT2D eigenvalue weighted by molar-refractivity contribution is 5.95. The lowest BCUT2D eigenvalue weighted by atomic mass is 9.78.